The van der Waals surface area contributed by atoms with Crippen LogP contribution in [0, 0.1) is 17.8 Å². The van der Waals surface area contributed by atoms with E-state index in [4.69, 9.17) is 9.47 Å². The van der Waals surface area contributed by atoms with Gasteiger partial charge in [0.2, 0.25) is 0 Å². The van der Waals surface area contributed by atoms with E-state index in [2.05, 4.69) is 30.0 Å². The Kier molecular flexibility index (Phi) is 4.46. The second-order valence-electron chi connectivity index (χ2n) is 9.55. The van der Waals surface area contributed by atoms with Crippen LogP contribution in [0.3, 0.4) is 0 Å². The standard InChI is InChI=1S/C24H33NO3/c1-4-27-17-9-8-16-10-21-20-12-18(23(26)28-5-2)22(25(21)14-15-6-7-15)13-24(20,3)19(16)11-17/h8-9,11,15,18,20-22H,4-7,10,12-14H2,1-3H3/t18?,20?,21?,22?,24-/m1/s1. The molecule has 4 nitrogen and oxygen atoms in total. The number of fused-ring (bicyclic) bond motifs is 2. The quantitative estimate of drug-likeness (QED) is 0.697. The summed E-state index contributed by atoms with van der Waals surface area (Å²) in [5.74, 6) is 2.43. The minimum atomic E-state index is 0.0302. The Morgan fingerprint density at radius 1 is 1.21 bits per heavy atom. The molecule has 2 saturated heterocycles. The van der Waals surface area contributed by atoms with Gasteiger partial charge in [-0.3, -0.25) is 9.69 Å². The molecule has 4 bridgehead atoms. The lowest BCUT2D eigenvalue weighted by atomic mass is 9.50. The largest absolute Gasteiger partial charge is 0.494 e. The number of hydrogen-bond donors (Lipinski definition) is 0. The van der Waals surface area contributed by atoms with Crippen molar-refractivity contribution in [3.63, 3.8) is 0 Å². The van der Waals surface area contributed by atoms with Crippen LogP contribution < -0.4 is 4.74 Å². The first-order chi connectivity index (χ1) is 13.5. The van der Waals surface area contributed by atoms with Gasteiger partial charge in [-0.2, -0.15) is 0 Å². The lowest BCUT2D eigenvalue weighted by molar-refractivity contribution is -0.166. The van der Waals surface area contributed by atoms with Gasteiger partial charge in [0.25, 0.3) is 0 Å². The van der Waals surface area contributed by atoms with Gasteiger partial charge in [-0.1, -0.05) is 13.0 Å². The first kappa shape index (κ1) is 18.5. The number of ether oxygens (including phenoxy) is 2. The summed E-state index contributed by atoms with van der Waals surface area (Å²) in [6.45, 7) is 8.76. The summed E-state index contributed by atoms with van der Waals surface area (Å²) in [7, 11) is 0. The van der Waals surface area contributed by atoms with E-state index in [0.29, 0.717) is 31.2 Å². The second kappa shape index (κ2) is 6.76. The van der Waals surface area contributed by atoms with Crippen LogP contribution >= 0.6 is 0 Å². The van der Waals surface area contributed by atoms with Gasteiger partial charge in [-0.05, 0) is 86.5 Å². The summed E-state index contributed by atoms with van der Waals surface area (Å²) in [6, 6.07) is 7.61. The van der Waals surface area contributed by atoms with Crippen molar-refractivity contribution in [2.24, 2.45) is 17.8 Å². The molecule has 0 aromatic heterocycles. The van der Waals surface area contributed by atoms with Crippen LogP contribution in [0.4, 0.5) is 0 Å². The van der Waals surface area contributed by atoms with Crippen molar-refractivity contribution >= 4 is 5.97 Å². The number of hydrogen-bond acceptors (Lipinski definition) is 4. The Hall–Kier alpha value is -1.55. The predicted molar refractivity (Wildman–Crippen MR) is 109 cm³/mol. The average molecular weight is 384 g/mol. The Bertz CT molecular complexity index is 773. The highest BCUT2D eigenvalue weighted by Crippen LogP contribution is 2.59. The summed E-state index contributed by atoms with van der Waals surface area (Å²) in [6.07, 6.45) is 5.87. The predicted octanol–water partition coefficient (Wildman–Crippen LogP) is 3.95. The molecule has 2 heterocycles. The van der Waals surface area contributed by atoms with Crippen LogP contribution in [0.15, 0.2) is 18.2 Å². The van der Waals surface area contributed by atoms with Gasteiger partial charge in [0, 0.05) is 18.6 Å². The summed E-state index contributed by atoms with van der Waals surface area (Å²) < 4.78 is 11.3. The van der Waals surface area contributed by atoms with E-state index in [-0.39, 0.29) is 17.3 Å². The average Bonchev–Trinajstić information content (AvgIpc) is 3.49. The molecule has 0 N–H and O–H groups in total. The third kappa shape index (κ3) is 2.79. The van der Waals surface area contributed by atoms with Crippen molar-refractivity contribution in [2.45, 2.75) is 70.4 Å². The molecule has 152 valence electrons. The summed E-state index contributed by atoms with van der Waals surface area (Å²) in [5, 5.41) is 0. The van der Waals surface area contributed by atoms with Crippen LogP contribution in [0.25, 0.3) is 0 Å². The van der Waals surface area contributed by atoms with Gasteiger partial charge in [0.05, 0.1) is 19.1 Å². The van der Waals surface area contributed by atoms with E-state index in [1.807, 2.05) is 13.8 Å². The molecule has 1 aromatic carbocycles. The zero-order chi connectivity index (χ0) is 19.5. The lowest BCUT2D eigenvalue weighted by Crippen LogP contribution is -2.70. The van der Waals surface area contributed by atoms with Crippen molar-refractivity contribution in [1.29, 1.82) is 0 Å². The van der Waals surface area contributed by atoms with Crippen molar-refractivity contribution < 1.29 is 14.3 Å². The smallest absolute Gasteiger partial charge is 0.310 e. The SMILES string of the molecule is CCOC(=O)C1CC2C3Cc4ccc(OCC)cc4[C@@]2(C)CC1N3CC1CC1. The monoisotopic (exact) mass is 383 g/mol. The molecule has 0 radical (unpaired) electrons. The van der Waals surface area contributed by atoms with E-state index < -0.39 is 0 Å². The minimum Gasteiger partial charge on any atom is -0.494 e. The third-order valence-corrected chi connectivity index (χ3v) is 7.93. The molecule has 4 fully saturated rings. The summed E-state index contributed by atoms with van der Waals surface area (Å²) in [4.78, 5) is 15.5. The van der Waals surface area contributed by atoms with E-state index >= 15 is 0 Å². The molecule has 3 aliphatic carbocycles. The van der Waals surface area contributed by atoms with Gasteiger partial charge in [-0.15, -0.1) is 0 Å². The molecule has 0 amide bonds. The first-order valence-corrected chi connectivity index (χ1v) is 11.2. The summed E-state index contributed by atoms with van der Waals surface area (Å²) in [5.41, 5.74) is 3.10. The van der Waals surface area contributed by atoms with E-state index in [1.54, 1.807) is 0 Å². The molecule has 5 aliphatic rings. The normalized spacial score (nSPS) is 36.1. The zero-order valence-corrected chi connectivity index (χ0v) is 17.4. The number of nitrogens with zero attached hydrogens (tertiary/aromatic N) is 1. The van der Waals surface area contributed by atoms with E-state index in [0.717, 1.165) is 30.9 Å². The van der Waals surface area contributed by atoms with Gasteiger partial charge < -0.3 is 9.47 Å². The molecular weight excluding hydrogens is 350 g/mol. The second-order valence-corrected chi connectivity index (χ2v) is 9.55. The minimum absolute atomic E-state index is 0.0302. The maximum absolute atomic E-state index is 12.8. The van der Waals surface area contributed by atoms with Crippen LogP contribution in [0.2, 0.25) is 0 Å². The molecule has 1 aromatic rings. The fourth-order valence-corrected chi connectivity index (χ4v) is 6.51. The van der Waals surface area contributed by atoms with Gasteiger partial charge >= 0.3 is 5.97 Å². The maximum Gasteiger partial charge on any atom is 0.310 e. The topological polar surface area (TPSA) is 38.8 Å². The number of rotatable bonds is 6. The number of carbonyl (C=O) groups is 1. The Labute approximate surface area is 168 Å². The van der Waals surface area contributed by atoms with Crippen molar-refractivity contribution in [3.05, 3.63) is 29.3 Å². The Morgan fingerprint density at radius 2 is 2.04 bits per heavy atom. The highest BCUT2D eigenvalue weighted by Gasteiger charge is 2.61. The van der Waals surface area contributed by atoms with Crippen LogP contribution in [-0.4, -0.2) is 42.7 Å². The fraction of sp³-hybridized carbons (Fsp3) is 0.708. The zero-order valence-electron chi connectivity index (χ0n) is 17.4. The van der Waals surface area contributed by atoms with Gasteiger partial charge in [-0.25, -0.2) is 0 Å². The van der Waals surface area contributed by atoms with Crippen molar-refractivity contribution in [3.8, 4) is 5.75 Å². The maximum atomic E-state index is 12.8. The molecule has 28 heavy (non-hydrogen) atoms. The van der Waals surface area contributed by atoms with Crippen LogP contribution in [0.1, 0.15) is 57.6 Å². The van der Waals surface area contributed by atoms with E-state index in [1.165, 1.54) is 30.5 Å². The Morgan fingerprint density at radius 3 is 2.75 bits per heavy atom. The molecule has 2 saturated carbocycles. The molecule has 0 spiro atoms. The molecule has 2 aliphatic heterocycles. The number of piperidine rings is 2. The number of esters is 1. The molecule has 6 rings (SSSR count). The van der Waals surface area contributed by atoms with E-state index in [9.17, 15) is 4.79 Å². The number of benzene rings is 1. The molecular formula is C24H33NO3. The molecule has 4 heteroatoms. The number of carbonyl (C=O) groups excluding carboxylic acids is 1. The first-order valence-electron chi connectivity index (χ1n) is 11.2. The fourth-order valence-electron chi connectivity index (χ4n) is 6.51. The van der Waals surface area contributed by atoms with Gasteiger partial charge in [0.15, 0.2) is 0 Å². The highest BCUT2D eigenvalue weighted by molar-refractivity contribution is 5.74. The highest BCUT2D eigenvalue weighted by atomic mass is 16.5. The van der Waals surface area contributed by atoms with Crippen LogP contribution in [0.5, 0.6) is 5.75 Å². The molecule has 4 unspecified atom stereocenters. The van der Waals surface area contributed by atoms with Gasteiger partial charge in [0.1, 0.15) is 5.75 Å². The third-order valence-electron chi connectivity index (χ3n) is 7.93. The lowest BCUT2D eigenvalue weighted by Gasteiger charge is -2.64. The Balaban J connectivity index is 1.52. The van der Waals surface area contributed by atoms with Crippen molar-refractivity contribution in [2.75, 3.05) is 19.8 Å². The van der Waals surface area contributed by atoms with Crippen LogP contribution in [-0.2, 0) is 21.4 Å². The summed E-state index contributed by atoms with van der Waals surface area (Å²) >= 11 is 0. The molecule has 5 atom stereocenters. The van der Waals surface area contributed by atoms with Crippen molar-refractivity contribution in [1.82, 2.24) is 4.90 Å².